The number of nitrogens with zero attached hydrogens (tertiary/aromatic N) is 2. The number of halogens is 1. The van der Waals surface area contributed by atoms with Crippen molar-refractivity contribution >= 4 is 47.0 Å². The van der Waals surface area contributed by atoms with Gasteiger partial charge in [0.2, 0.25) is 5.91 Å². The van der Waals surface area contributed by atoms with Crippen molar-refractivity contribution < 1.29 is 18.8 Å². The Bertz CT molecular complexity index is 949. The molecule has 2 N–H and O–H groups in total. The fourth-order valence-corrected chi connectivity index (χ4v) is 2.72. The van der Waals surface area contributed by atoms with E-state index in [0.29, 0.717) is 5.69 Å². The minimum atomic E-state index is -1.29. The monoisotopic (exact) mass is 384 g/mol. The number of carbonyl (C=O) groups excluding carboxylic acids is 3. The SMILES string of the molecule is O=C(N/N=C/C1C(=O)NC(=S)N(c2ccccc2)C1=O)c1ccccc1F. The number of hydrogen-bond donors (Lipinski definition) is 2. The number of para-hydroxylation sites is 1. The highest BCUT2D eigenvalue weighted by molar-refractivity contribution is 7.80. The maximum atomic E-state index is 13.6. The van der Waals surface area contributed by atoms with Crippen LogP contribution >= 0.6 is 12.2 Å². The molecule has 1 saturated heterocycles. The van der Waals surface area contributed by atoms with Crippen molar-refractivity contribution in [3.63, 3.8) is 0 Å². The second-order valence-corrected chi connectivity index (χ2v) is 5.87. The van der Waals surface area contributed by atoms with Gasteiger partial charge < -0.3 is 5.32 Å². The van der Waals surface area contributed by atoms with Gasteiger partial charge in [0.1, 0.15) is 5.82 Å². The van der Waals surface area contributed by atoms with Crippen LogP contribution < -0.4 is 15.6 Å². The van der Waals surface area contributed by atoms with Gasteiger partial charge in [-0.2, -0.15) is 5.10 Å². The van der Waals surface area contributed by atoms with Crippen molar-refractivity contribution in [2.75, 3.05) is 4.90 Å². The van der Waals surface area contributed by atoms with Crippen molar-refractivity contribution in [2.24, 2.45) is 11.0 Å². The third-order valence-electron chi connectivity index (χ3n) is 3.72. The van der Waals surface area contributed by atoms with Crippen LogP contribution in [0, 0.1) is 11.7 Å². The lowest BCUT2D eigenvalue weighted by atomic mass is 10.1. The van der Waals surface area contributed by atoms with Gasteiger partial charge in [0, 0.05) is 6.21 Å². The zero-order valence-corrected chi connectivity index (χ0v) is 14.6. The fraction of sp³-hybridized carbons (Fsp3) is 0.0556. The number of hydrazone groups is 1. The number of thiocarbonyl (C=S) groups is 1. The highest BCUT2D eigenvalue weighted by atomic mass is 32.1. The number of amides is 3. The van der Waals surface area contributed by atoms with E-state index in [1.807, 2.05) is 0 Å². The molecule has 136 valence electrons. The van der Waals surface area contributed by atoms with E-state index in [-0.39, 0.29) is 10.7 Å². The van der Waals surface area contributed by atoms with Crippen LogP contribution in [-0.4, -0.2) is 29.0 Å². The predicted octanol–water partition coefficient (Wildman–Crippen LogP) is 1.61. The zero-order valence-electron chi connectivity index (χ0n) is 13.8. The molecular weight excluding hydrogens is 371 g/mol. The molecule has 1 aliphatic heterocycles. The average molecular weight is 384 g/mol. The summed E-state index contributed by atoms with van der Waals surface area (Å²) in [5.74, 6) is -4.08. The standard InChI is InChI=1S/C18H13FN4O3S/c19-14-9-5-4-8-12(14)16(25)22-20-10-13-15(24)21-18(27)23(17(13)26)11-6-2-1-3-7-11/h1-10,13H,(H,22,25)(H,21,24,27)/b20-10+. The van der Waals surface area contributed by atoms with E-state index in [4.69, 9.17) is 12.2 Å². The third kappa shape index (κ3) is 3.87. The summed E-state index contributed by atoms with van der Waals surface area (Å²) in [6.07, 6.45) is 0.980. The van der Waals surface area contributed by atoms with Crippen LogP contribution in [0.25, 0.3) is 0 Å². The Labute approximate surface area is 158 Å². The molecule has 2 aromatic rings. The van der Waals surface area contributed by atoms with E-state index in [9.17, 15) is 18.8 Å². The summed E-state index contributed by atoms with van der Waals surface area (Å²) in [5, 5.41) is 6.00. The quantitative estimate of drug-likeness (QED) is 0.363. The van der Waals surface area contributed by atoms with Gasteiger partial charge in [-0.25, -0.2) is 9.82 Å². The number of benzene rings is 2. The molecule has 0 spiro atoms. The van der Waals surface area contributed by atoms with Gasteiger partial charge in [-0.15, -0.1) is 0 Å². The maximum Gasteiger partial charge on any atom is 0.274 e. The summed E-state index contributed by atoms with van der Waals surface area (Å²) in [7, 11) is 0. The Hall–Kier alpha value is -3.46. The van der Waals surface area contributed by atoms with E-state index >= 15 is 0 Å². The Morgan fingerprint density at radius 2 is 1.81 bits per heavy atom. The number of carbonyl (C=O) groups is 3. The first kappa shape index (κ1) is 18.3. The van der Waals surface area contributed by atoms with Crippen LogP contribution in [0.3, 0.4) is 0 Å². The number of anilines is 1. The van der Waals surface area contributed by atoms with E-state index in [1.165, 1.54) is 23.1 Å². The van der Waals surface area contributed by atoms with Crippen molar-refractivity contribution in [3.05, 3.63) is 66.0 Å². The molecule has 1 atom stereocenters. The van der Waals surface area contributed by atoms with Crippen molar-refractivity contribution in [3.8, 4) is 0 Å². The van der Waals surface area contributed by atoms with Crippen LogP contribution in [0.15, 0.2) is 59.7 Å². The van der Waals surface area contributed by atoms with Gasteiger partial charge in [0.15, 0.2) is 11.0 Å². The topological polar surface area (TPSA) is 90.9 Å². The van der Waals surface area contributed by atoms with Gasteiger partial charge >= 0.3 is 0 Å². The van der Waals surface area contributed by atoms with Crippen molar-refractivity contribution in [2.45, 2.75) is 0 Å². The molecule has 1 heterocycles. The molecular formula is C18H13FN4O3S. The summed E-state index contributed by atoms with van der Waals surface area (Å²) >= 11 is 5.07. The second kappa shape index (κ2) is 7.83. The minimum Gasteiger partial charge on any atom is -0.301 e. The first-order valence-electron chi connectivity index (χ1n) is 7.81. The molecule has 2 aromatic carbocycles. The molecule has 1 fully saturated rings. The molecule has 0 bridgehead atoms. The predicted molar refractivity (Wildman–Crippen MR) is 101 cm³/mol. The Morgan fingerprint density at radius 3 is 2.52 bits per heavy atom. The van der Waals surface area contributed by atoms with Crippen LogP contribution in [0.1, 0.15) is 10.4 Å². The number of nitrogens with one attached hydrogen (secondary N) is 2. The average Bonchev–Trinajstić information content (AvgIpc) is 2.65. The highest BCUT2D eigenvalue weighted by Crippen LogP contribution is 2.19. The molecule has 3 rings (SSSR count). The molecule has 3 amide bonds. The lowest BCUT2D eigenvalue weighted by Crippen LogP contribution is -2.58. The molecule has 1 unspecified atom stereocenters. The molecule has 9 heteroatoms. The molecule has 0 saturated carbocycles. The second-order valence-electron chi connectivity index (χ2n) is 5.48. The van der Waals surface area contributed by atoms with Gasteiger partial charge in [0.25, 0.3) is 11.8 Å². The van der Waals surface area contributed by atoms with Crippen LogP contribution in [-0.2, 0) is 9.59 Å². The van der Waals surface area contributed by atoms with Gasteiger partial charge in [0.05, 0.1) is 11.3 Å². The van der Waals surface area contributed by atoms with E-state index in [1.54, 1.807) is 30.3 Å². The largest absolute Gasteiger partial charge is 0.301 e. The van der Waals surface area contributed by atoms with Crippen LogP contribution in [0.2, 0.25) is 0 Å². The maximum absolute atomic E-state index is 13.6. The Morgan fingerprint density at radius 1 is 1.15 bits per heavy atom. The Kier molecular flexibility index (Phi) is 5.32. The molecule has 0 aliphatic carbocycles. The number of hydrogen-bond acceptors (Lipinski definition) is 5. The smallest absolute Gasteiger partial charge is 0.274 e. The third-order valence-corrected chi connectivity index (χ3v) is 4.01. The van der Waals surface area contributed by atoms with Crippen LogP contribution in [0.5, 0.6) is 0 Å². The molecule has 27 heavy (non-hydrogen) atoms. The van der Waals surface area contributed by atoms with Crippen LogP contribution in [0.4, 0.5) is 10.1 Å². The summed E-state index contributed by atoms with van der Waals surface area (Å²) in [4.78, 5) is 37.8. The minimum absolute atomic E-state index is 0.0451. The number of rotatable bonds is 4. The van der Waals surface area contributed by atoms with E-state index in [2.05, 4.69) is 15.8 Å². The fourth-order valence-electron chi connectivity index (χ4n) is 2.42. The lowest BCUT2D eigenvalue weighted by Gasteiger charge is -2.30. The summed E-state index contributed by atoms with van der Waals surface area (Å²) in [6, 6.07) is 13.9. The van der Waals surface area contributed by atoms with Gasteiger partial charge in [-0.1, -0.05) is 30.3 Å². The summed E-state index contributed by atoms with van der Waals surface area (Å²) in [6.45, 7) is 0. The zero-order chi connectivity index (χ0) is 19.4. The summed E-state index contributed by atoms with van der Waals surface area (Å²) < 4.78 is 13.6. The molecule has 7 nitrogen and oxygen atoms in total. The first-order valence-corrected chi connectivity index (χ1v) is 8.22. The normalized spacial score (nSPS) is 17.1. The molecule has 0 aromatic heterocycles. The summed E-state index contributed by atoms with van der Waals surface area (Å²) in [5.41, 5.74) is 2.38. The first-order chi connectivity index (χ1) is 13.0. The van der Waals surface area contributed by atoms with Gasteiger partial charge in [-0.05, 0) is 36.5 Å². The Balaban J connectivity index is 1.75. The highest BCUT2D eigenvalue weighted by Gasteiger charge is 2.38. The van der Waals surface area contributed by atoms with Crippen molar-refractivity contribution in [1.82, 2.24) is 10.7 Å². The lowest BCUT2D eigenvalue weighted by molar-refractivity contribution is -0.130. The molecule has 0 radical (unpaired) electrons. The van der Waals surface area contributed by atoms with Gasteiger partial charge in [-0.3, -0.25) is 19.3 Å². The van der Waals surface area contributed by atoms with E-state index < -0.39 is 29.5 Å². The van der Waals surface area contributed by atoms with E-state index in [0.717, 1.165) is 12.3 Å². The van der Waals surface area contributed by atoms with Crippen molar-refractivity contribution in [1.29, 1.82) is 0 Å². The molecule has 1 aliphatic rings.